The Labute approximate surface area is 125 Å². The number of ether oxygens (including phenoxy) is 1. The van der Waals surface area contributed by atoms with Crippen LogP contribution in [0.3, 0.4) is 0 Å². The number of rotatable bonds is 2. The highest BCUT2D eigenvalue weighted by Gasteiger charge is 2.27. The molecule has 1 N–H and O–H groups in total. The van der Waals surface area contributed by atoms with Crippen molar-refractivity contribution in [3.05, 3.63) is 39.8 Å². The van der Waals surface area contributed by atoms with Gasteiger partial charge in [0.1, 0.15) is 5.82 Å². The van der Waals surface area contributed by atoms with E-state index in [1.807, 2.05) is 0 Å². The Morgan fingerprint density at radius 1 is 1.52 bits per heavy atom. The summed E-state index contributed by atoms with van der Waals surface area (Å²) in [7, 11) is 1.61. The van der Waals surface area contributed by atoms with Crippen molar-refractivity contribution in [2.45, 2.75) is 25.4 Å². The lowest BCUT2D eigenvalue weighted by Gasteiger charge is -2.25. The number of halogens is 2. The van der Waals surface area contributed by atoms with Crippen molar-refractivity contribution in [1.29, 1.82) is 0 Å². The molecule has 110 valence electrons. The fourth-order valence-corrected chi connectivity index (χ4v) is 3.01. The number of hydrogen-bond donors (Lipinski definition) is 1. The second kappa shape index (κ2) is 5.24. The fraction of sp³-hybridized carbons (Fsp3) is 0.333. The zero-order chi connectivity index (χ0) is 15.1. The highest BCUT2D eigenvalue weighted by atomic mass is 35.5. The van der Waals surface area contributed by atoms with Gasteiger partial charge in [0, 0.05) is 30.7 Å². The first-order valence-corrected chi connectivity index (χ1v) is 6.95. The number of methoxy groups -OCH3 is 1. The topological polar surface area (TPSA) is 59.4 Å². The minimum Gasteiger partial charge on any atom is -0.478 e. The molecule has 1 aromatic carbocycles. The van der Waals surface area contributed by atoms with Gasteiger partial charge < -0.3 is 9.84 Å². The number of aromatic carboxylic acids is 1. The maximum absolute atomic E-state index is 13.6. The first kappa shape index (κ1) is 14.2. The molecule has 0 aliphatic heterocycles. The van der Waals surface area contributed by atoms with E-state index in [1.54, 1.807) is 7.11 Å². The third kappa shape index (κ3) is 2.36. The third-order valence-corrected chi connectivity index (χ3v) is 4.19. The molecule has 0 radical (unpaired) electrons. The van der Waals surface area contributed by atoms with Crippen molar-refractivity contribution < 1.29 is 19.0 Å². The number of fused-ring (bicyclic) bond motifs is 2. The Kier molecular flexibility index (Phi) is 3.55. The summed E-state index contributed by atoms with van der Waals surface area (Å²) in [5.74, 6) is -1.66. The molecular formula is C15H13ClFNO3. The molecule has 21 heavy (non-hydrogen) atoms. The van der Waals surface area contributed by atoms with Crippen LogP contribution in [-0.4, -0.2) is 29.3 Å². The average molecular weight is 310 g/mol. The molecule has 0 spiro atoms. The van der Waals surface area contributed by atoms with Gasteiger partial charge in [0.15, 0.2) is 0 Å². The molecule has 1 aromatic heterocycles. The molecule has 1 aliphatic rings. The molecule has 6 heteroatoms. The number of carbonyl (C=O) groups is 1. The van der Waals surface area contributed by atoms with Crippen LogP contribution in [0.4, 0.5) is 4.39 Å². The van der Waals surface area contributed by atoms with Crippen LogP contribution in [0.1, 0.15) is 28.0 Å². The van der Waals surface area contributed by atoms with Crippen LogP contribution >= 0.6 is 11.6 Å². The number of carboxylic acids is 1. The average Bonchev–Trinajstić information content (AvgIpc) is 2.45. The van der Waals surface area contributed by atoms with Gasteiger partial charge in [0.25, 0.3) is 0 Å². The Hall–Kier alpha value is -1.72. The summed E-state index contributed by atoms with van der Waals surface area (Å²) in [5, 5.41) is 9.81. The van der Waals surface area contributed by atoms with Gasteiger partial charge in [-0.3, -0.25) is 4.98 Å². The maximum atomic E-state index is 13.6. The smallest absolute Gasteiger partial charge is 0.336 e. The largest absolute Gasteiger partial charge is 0.478 e. The summed E-state index contributed by atoms with van der Waals surface area (Å²) in [5.41, 5.74) is 1.84. The zero-order valence-electron chi connectivity index (χ0n) is 11.3. The number of nitrogens with zero attached hydrogens (tertiary/aromatic N) is 1. The second-order valence-corrected chi connectivity index (χ2v) is 5.51. The van der Waals surface area contributed by atoms with E-state index in [0.717, 1.165) is 6.42 Å². The molecule has 0 saturated heterocycles. The number of benzene rings is 1. The van der Waals surface area contributed by atoms with Gasteiger partial charge in [-0.1, -0.05) is 11.6 Å². The van der Waals surface area contributed by atoms with Crippen molar-refractivity contribution >= 4 is 28.5 Å². The summed E-state index contributed by atoms with van der Waals surface area (Å²) < 4.78 is 18.9. The van der Waals surface area contributed by atoms with Gasteiger partial charge in [-0.25, -0.2) is 9.18 Å². The lowest BCUT2D eigenvalue weighted by Crippen LogP contribution is -2.24. The van der Waals surface area contributed by atoms with Crippen molar-refractivity contribution in [3.8, 4) is 0 Å². The van der Waals surface area contributed by atoms with Gasteiger partial charge in [-0.05, 0) is 24.5 Å². The minimum atomic E-state index is -1.06. The summed E-state index contributed by atoms with van der Waals surface area (Å²) in [6, 6.07) is 2.52. The highest BCUT2D eigenvalue weighted by Crippen LogP contribution is 2.32. The van der Waals surface area contributed by atoms with Crippen LogP contribution in [0.25, 0.3) is 10.9 Å². The summed E-state index contributed by atoms with van der Waals surface area (Å²) in [6.45, 7) is 0. The van der Waals surface area contributed by atoms with E-state index in [0.29, 0.717) is 35.0 Å². The molecule has 0 saturated carbocycles. The van der Waals surface area contributed by atoms with Crippen LogP contribution in [0.2, 0.25) is 5.02 Å². The Bertz CT molecular complexity index is 748. The Balaban J connectivity index is 2.32. The summed E-state index contributed by atoms with van der Waals surface area (Å²) >= 11 is 5.78. The van der Waals surface area contributed by atoms with Crippen molar-refractivity contribution in [3.63, 3.8) is 0 Å². The molecule has 1 heterocycles. The Morgan fingerprint density at radius 3 is 2.95 bits per heavy atom. The first-order chi connectivity index (χ1) is 10.0. The van der Waals surface area contributed by atoms with Gasteiger partial charge in [0.05, 0.1) is 22.2 Å². The van der Waals surface area contributed by atoms with E-state index < -0.39 is 11.8 Å². The molecule has 4 nitrogen and oxygen atoms in total. The zero-order valence-corrected chi connectivity index (χ0v) is 12.1. The first-order valence-electron chi connectivity index (χ1n) is 6.58. The van der Waals surface area contributed by atoms with Crippen molar-refractivity contribution in [2.24, 2.45) is 0 Å². The van der Waals surface area contributed by atoms with Gasteiger partial charge in [0.2, 0.25) is 0 Å². The summed E-state index contributed by atoms with van der Waals surface area (Å²) in [4.78, 5) is 16.1. The predicted octanol–water partition coefficient (Wildman–Crippen LogP) is 3.23. The fourth-order valence-electron chi connectivity index (χ4n) is 2.85. The van der Waals surface area contributed by atoms with Crippen molar-refractivity contribution in [2.75, 3.05) is 7.11 Å². The van der Waals surface area contributed by atoms with E-state index in [-0.39, 0.29) is 16.7 Å². The van der Waals surface area contributed by atoms with Crippen LogP contribution in [0.15, 0.2) is 12.1 Å². The lowest BCUT2D eigenvalue weighted by molar-refractivity contribution is 0.0690. The molecule has 0 bridgehead atoms. The van der Waals surface area contributed by atoms with Crippen LogP contribution < -0.4 is 0 Å². The third-order valence-electron chi connectivity index (χ3n) is 3.90. The predicted molar refractivity (Wildman–Crippen MR) is 76.5 cm³/mol. The normalized spacial score (nSPS) is 17.8. The lowest BCUT2D eigenvalue weighted by atomic mass is 9.88. The molecule has 1 unspecified atom stereocenters. The molecule has 0 fully saturated rings. The molecule has 1 aliphatic carbocycles. The van der Waals surface area contributed by atoms with E-state index in [1.165, 1.54) is 12.1 Å². The monoisotopic (exact) mass is 309 g/mol. The molecular weight excluding hydrogens is 297 g/mol. The Morgan fingerprint density at radius 2 is 2.29 bits per heavy atom. The molecule has 2 aromatic rings. The van der Waals surface area contributed by atoms with Gasteiger partial charge in [-0.15, -0.1) is 0 Å². The second-order valence-electron chi connectivity index (χ2n) is 5.10. The van der Waals surface area contributed by atoms with Gasteiger partial charge >= 0.3 is 5.97 Å². The number of aryl methyl sites for hydroxylation is 1. The van der Waals surface area contributed by atoms with Crippen LogP contribution in [-0.2, 0) is 17.6 Å². The quantitative estimate of drug-likeness (QED) is 0.925. The maximum Gasteiger partial charge on any atom is 0.336 e. The number of pyridine rings is 1. The molecule has 1 atom stereocenters. The van der Waals surface area contributed by atoms with Gasteiger partial charge in [-0.2, -0.15) is 0 Å². The van der Waals surface area contributed by atoms with E-state index in [2.05, 4.69) is 4.98 Å². The summed E-state index contributed by atoms with van der Waals surface area (Å²) in [6.07, 6.45) is 1.86. The van der Waals surface area contributed by atoms with E-state index in [9.17, 15) is 14.3 Å². The van der Waals surface area contributed by atoms with E-state index in [4.69, 9.17) is 16.3 Å². The van der Waals surface area contributed by atoms with Crippen LogP contribution in [0, 0.1) is 5.82 Å². The van der Waals surface area contributed by atoms with Crippen LogP contribution in [0.5, 0.6) is 0 Å². The molecule has 3 rings (SSSR count). The standard InChI is InChI=1S/C15H13ClFNO3/c1-21-7-2-3-12-8(4-7)14(15(19)20)9-5-10(16)11(17)6-13(9)18-12/h5-7H,2-4H2,1H3,(H,19,20). The SMILES string of the molecule is COC1CCc2nc3cc(F)c(Cl)cc3c(C(=O)O)c2C1. The number of carboxylic acid groups (broad SMARTS) is 1. The van der Waals surface area contributed by atoms with E-state index >= 15 is 0 Å². The molecule has 0 amide bonds. The number of aromatic nitrogens is 1. The van der Waals surface area contributed by atoms with Crippen molar-refractivity contribution in [1.82, 2.24) is 4.98 Å². The highest BCUT2D eigenvalue weighted by molar-refractivity contribution is 6.31. The minimum absolute atomic E-state index is 0.0224. The number of hydrogen-bond acceptors (Lipinski definition) is 3.